The summed E-state index contributed by atoms with van der Waals surface area (Å²) in [6.07, 6.45) is 5.56. The molecular weight excluding hydrogens is 238 g/mol. The van der Waals surface area contributed by atoms with Crippen molar-refractivity contribution in [3.8, 4) is 5.75 Å². The zero-order chi connectivity index (χ0) is 12.5. The van der Waals surface area contributed by atoms with Gasteiger partial charge in [0.1, 0.15) is 11.4 Å². The van der Waals surface area contributed by atoms with Crippen LogP contribution in [0.4, 0.5) is 0 Å². The summed E-state index contributed by atoms with van der Waals surface area (Å²) in [4.78, 5) is 17.0. The molecule has 0 fully saturated rings. The highest BCUT2D eigenvalue weighted by Gasteiger charge is 2.23. The summed E-state index contributed by atoms with van der Waals surface area (Å²) < 4.78 is 5.78. The molecule has 5 heteroatoms. The van der Waals surface area contributed by atoms with Gasteiger partial charge in [0, 0.05) is 13.0 Å². The van der Waals surface area contributed by atoms with Crippen LogP contribution in [-0.4, -0.2) is 17.8 Å². The lowest BCUT2D eigenvalue weighted by atomic mass is 10.1. The maximum atomic E-state index is 10.5. The van der Waals surface area contributed by atoms with Gasteiger partial charge in [-0.15, -0.1) is 11.3 Å². The van der Waals surface area contributed by atoms with Crippen molar-refractivity contribution in [2.45, 2.75) is 26.4 Å². The van der Waals surface area contributed by atoms with E-state index in [4.69, 9.17) is 4.74 Å². The monoisotopic (exact) mass is 251 g/mol. The first kappa shape index (κ1) is 11.9. The topological polar surface area (TPSA) is 47.9 Å². The number of carbonyl (C=O) groups excluding carboxylic acids is 1. The molecule has 0 unspecified atom stereocenters. The molecule has 0 radical (unpaired) electrons. The van der Waals surface area contributed by atoms with Crippen LogP contribution in [0.5, 0.6) is 5.75 Å². The first-order chi connectivity index (χ1) is 7.96. The van der Waals surface area contributed by atoms with Gasteiger partial charge >= 0.3 is 5.97 Å². The smallest absolute Gasteiger partial charge is 0.331 e. The van der Waals surface area contributed by atoms with Gasteiger partial charge in [0.25, 0.3) is 0 Å². The summed E-state index contributed by atoms with van der Waals surface area (Å²) in [6.45, 7) is 5.30. The van der Waals surface area contributed by atoms with Crippen molar-refractivity contribution in [1.29, 1.82) is 0 Å². The molecule has 0 saturated carbocycles. The molecule has 0 N–H and O–H groups in total. The van der Waals surface area contributed by atoms with Crippen molar-refractivity contribution < 1.29 is 14.4 Å². The van der Waals surface area contributed by atoms with E-state index in [0.29, 0.717) is 0 Å². The second kappa shape index (κ2) is 4.33. The highest BCUT2D eigenvalue weighted by atomic mass is 32.1. The van der Waals surface area contributed by atoms with Crippen LogP contribution in [0.2, 0.25) is 0 Å². The van der Waals surface area contributed by atoms with Crippen molar-refractivity contribution >= 4 is 29.6 Å². The molecule has 0 atom stereocenters. The molecule has 0 spiro atoms. The Morgan fingerprint density at radius 3 is 3.06 bits per heavy atom. The van der Waals surface area contributed by atoms with Crippen molar-refractivity contribution in [3.05, 3.63) is 21.9 Å². The summed E-state index contributed by atoms with van der Waals surface area (Å²) >= 11 is 1.54. The Hall–Kier alpha value is -1.62. The van der Waals surface area contributed by atoms with Crippen LogP contribution in [0.3, 0.4) is 0 Å². The third kappa shape index (κ3) is 2.94. The van der Waals surface area contributed by atoms with Gasteiger partial charge in [-0.2, -0.15) is 0 Å². The molecule has 90 valence electrons. The fourth-order valence-electron chi connectivity index (χ4n) is 1.41. The van der Waals surface area contributed by atoms with E-state index in [1.807, 2.05) is 32.1 Å². The molecule has 0 aromatic carbocycles. The van der Waals surface area contributed by atoms with Crippen LogP contribution in [0, 0.1) is 0 Å². The van der Waals surface area contributed by atoms with Crippen LogP contribution in [0.15, 0.2) is 17.3 Å². The average molecular weight is 251 g/mol. The first-order valence-corrected chi connectivity index (χ1v) is 6.01. The predicted octanol–water partition coefficient (Wildman–Crippen LogP) is 2.83. The third-order valence-electron chi connectivity index (χ3n) is 2.11. The fourth-order valence-corrected chi connectivity index (χ4v) is 2.27. The Morgan fingerprint density at radius 1 is 1.59 bits per heavy atom. The summed E-state index contributed by atoms with van der Waals surface area (Å²) in [5.41, 5.74) is -0.279. The van der Waals surface area contributed by atoms with Gasteiger partial charge in [-0.25, -0.2) is 4.79 Å². The largest absolute Gasteiger partial charge is 0.482 e. The minimum atomic E-state index is -0.431. The lowest BCUT2D eigenvalue weighted by Crippen LogP contribution is -2.26. The second-order valence-electron chi connectivity index (χ2n) is 4.23. The summed E-state index contributed by atoms with van der Waals surface area (Å²) in [6, 6.07) is 1.89. The third-order valence-corrected chi connectivity index (χ3v) is 3.13. The molecule has 17 heavy (non-hydrogen) atoms. The Morgan fingerprint density at radius 2 is 2.35 bits per heavy atom. The van der Waals surface area contributed by atoms with Crippen LogP contribution < -0.4 is 4.74 Å². The van der Waals surface area contributed by atoms with Gasteiger partial charge in [0.05, 0.1) is 16.0 Å². The van der Waals surface area contributed by atoms with Crippen LogP contribution in [0.25, 0.3) is 6.08 Å². The Bertz CT molecular complexity index is 500. The number of rotatable bonds is 2. The molecule has 4 nitrogen and oxygen atoms in total. The van der Waals surface area contributed by atoms with E-state index >= 15 is 0 Å². The van der Waals surface area contributed by atoms with Gasteiger partial charge < -0.3 is 9.57 Å². The fraction of sp³-hybridized carbons (Fsp3) is 0.333. The molecule has 0 amide bonds. The van der Waals surface area contributed by atoms with Gasteiger partial charge in [-0.05, 0) is 26.0 Å². The van der Waals surface area contributed by atoms with Crippen LogP contribution in [0.1, 0.15) is 30.5 Å². The molecule has 2 rings (SSSR count). The number of thiophene rings is 1. The summed E-state index contributed by atoms with van der Waals surface area (Å²) in [7, 11) is 0. The number of ether oxygens (including phenoxy) is 1. The number of hydrogen-bond acceptors (Lipinski definition) is 5. The lowest BCUT2D eigenvalue weighted by Gasteiger charge is -2.25. The average Bonchev–Trinajstić information content (AvgIpc) is 2.57. The first-order valence-electron chi connectivity index (χ1n) is 5.19. The number of oxime groups is 1. The zero-order valence-corrected chi connectivity index (χ0v) is 10.7. The highest BCUT2D eigenvalue weighted by Crippen LogP contribution is 2.36. The van der Waals surface area contributed by atoms with E-state index in [-0.39, 0.29) is 5.60 Å². The van der Waals surface area contributed by atoms with Gasteiger partial charge in [-0.3, -0.25) is 0 Å². The van der Waals surface area contributed by atoms with Crippen molar-refractivity contribution in [3.63, 3.8) is 0 Å². The Balaban J connectivity index is 2.14. The molecule has 2 heterocycles. The number of carbonyl (C=O) groups is 1. The maximum absolute atomic E-state index is 10.5. The van der Waals surface area contributed by atoms with Gasteiger partial charge in [0.15, 0.2) is 0 Å². The molecule has 1 aromatic rings. The minimum absolute atomic E-state index is 0.279. The van der Waals surface area contributed by atoms with Crippen molar-refractivity contribution in [1.82, 2.24) is 0 Å². The number of hydrogen-bond donors (Lipinski definition) is 0. The minimum Gasteiger partial charge on any atom is -0.482 e. The number of fused-ring (bicyclic) bond motifs is 1. The quantitative estimate of drug-likeness (QED) is 0.461. The van der Waals surface area contributed by atoms with Crippen LogP contribution in [-0.2, 0) is 9.63 Å². The van der Waals surface area contributed by atoms with E-state index in [1.54, 1.807) is 0 Å². The van der Waals surface area contributed by atoms with Crippen LogP contribution >= 0.6 is 11.3 Å². The Kier molecular flexibility index (Phi) is 3.02. The standard InChI is InChI=1S/C12H13NO3S/c1-8(14)16-13-7-9-6-10-11(17-9)4-5-12(2,3)15-10/h4-7H,1-3H3/b13-7-. The molecule has 1 aliphatic rings. The molecule has 1 aromatic heterocycles. The van der Waals surface area contributed by atoms with E-state index in [1.165, 1.54) is 24.5 Å². The maximum Gasteiger partial charge on any atom is 0.331 e. The lowest BCUT2D eigenvalue weighted by molar-refractivity contribution is -0.140. The second-order valence-corrected chi connectivity index (χ2v) is 5.35. The van der Waals surface area contributed by atoms with E-state index in [9.17, 15) is 4.79 Å². The summed E-state index contributed by atoms with van der Waals surface area (Å²) in [5.74, 6) is 0.409. The zero-order valence-electron chi connectivity index (χ0n) is 9.89. The molecular formula is C12H13NO3S. The van der Waals surface area contributed by atoms with Gasteiger partial charge in [-0.1, -0.05) is 5.16 Å². The van der Waals surface area contributed by atoms with E-state index in [2.05, 4.69) is 9.99 Å². The molecule has 0 saturated heterocycles. The number of nitrogens with zero attached hydrogens (tertiary/aromatic N) is 1. The van der Waals surface area contributed by atoms with Gasteiger partial charge in [0.2, 0.25) is 0 Å². The summed E-state index contributed by atoms with van der Waals surface area (Å²) in [5, 5.41) is 3.58. The molecule has 0 bridgehead atoms. The Labute approximate surface area is 104 Å². The highest BCUT2D eigenvalue weighted by molar-refractivity contribution is 7.15. The molecule has 1 aliphatic heterocycles. The molecule has 0 aliphatic carbocycles. The normalized spacial score (nSPS) is 16.6. The van der Waals surface area contributed by atoms with E-state index in [0.717, 1.165) is 15.5 Å². The predicted molar refractivity (Wildman–Crippen MR) is 67.4 cm³/mol. The SMILES string of the molecule is CC(=O)O/N=C\c1cc2c(s1)C=CC(C)(C)O2. The van der Waals surface area contributed by atoms with Crippen molar-refractivity contribution in [2.24, 2.45) is 5.16 Å². The van der Waals surface area contributed by atoms with Crippen molar-refractivity contribution in [2.75, 3.05) is 0 Å². The van der Waals surface area contributed by atoms with E-state index < -0.39 is 5.97 Å².